The Kier molecular flexibility index (Phi) is 4.40. The Morgan fingerprint density at radius 2 is 1.91 bits per heavy atom. The zero-order chi connectivity index (χ0) is 8.85. The van der Waals surface area contributed by atoms with Gasteiger partial charge in [-0.1, -0.05) is 0 Å². The second-order valence-electron chi connectivity index (χ2n) is 2.10. The molecule has 0 spiro atoms. The van der Waals surface area contributed by atoms with Crippen LogP contribution in [0.1, 0.15) is 12.8 Å². The number of aliphatic carboxylic acids is 1. The molecule has 1 atom stereocenters. The molecule has 0 saturated heterocycles. The van der Waals surface area contributed by atoms with Crippen molar-refractivity contribution in [2.75, 3.05) is 6.61 Å². The maximum Gasteiger partial charge on any atom is 0.372 e. The lowest BCUT2D eigenvalue weighted by Gasteiger charge is -2.02. The molecule has 0 unspecified atom stereocenters. The van der Waals surface area contributed by atoms with Crippen molar-refractivity contribution in [1.29, 1.82) is 0 Å². The van der Waals surface area contributed by atoms with E-state index in [1.807, 2.05) is 0 Å². The summed E-state index contributed by atoms with van der Waals surface area (Å²) in [6, 6.07) is 0. The number of ketones is 1. The van der Waals surface area contributed by atoms with Crippen LogP contribution in [-0.4, -0.2) is 39.8 Å². The maximum atomic E-state index is 10.4. The van der Waals surface area contributed by atoms with E-state index in [2.05, 4.69) is 0 Å². The summed E-state index contributed by atoms with van der Waals surface area (Å²) < 4.78 is 0. The first kappa shape index (κ1) is 10.1. The number of hydrogen-bond donors (Lipinski definition) is 3. The van der Waals surface area contributed by atoms with Gasteiger partial charge in [0.05, 0.1) is 12.7 Å². The van der Waals surface area contributed by atoms with E-state index in [4.69, 9.17) is 15.3 Å². The summed E-state index contributed by atoms with van der Waals surface area (Å²) in [7, 11) is 0. The third kappa shape index (κ3) is 4.46. The van der Waals surface area contributed by atoms with Gasteiger partial charge in [-0.15, -0.1) is 0 Å². The molecule has 0 aliphatic carbocycles. The molecule has 0 rings (SSSR count). The molecular weight excluding hydrogens is 152 g/mol. The first-order valence-corrected chi connectivity index (χ1v) is 3.13. The van der Waals surface area contributed by atoms with Crippen LogP contribution in [0.2, 0.25) is 0 Å². The Hall–Kier alpha value is -0.940. The smallest absolute Gasteiger partial charge is 0.372 e. The second kappa shape index (κ2) is 4.81. The topological polar surface area (TPSA) is 94.8 Å². The number of carbonyl (C=O) groups excluding carboxylic acids is 1. The fraction of sp³-hybridized carbons (Fsp3) is 0.667. The summed E-state index contributed by atoms with van der Waals surface area (Å²) in [4.78, 5) is 20.3. The lowest BCUT2D eigenvalue weighted by Crippen LogP contribution is -2.18. The van der Waals surface area contributed by atoms with Gasteiger partial charge in [-0.05, 0) is 6.42 Å². The van der Waals surface area contributed by atoms with Gasteiger partial charge in [0.2, 0.25) is 5.78 Å². The molecule has 0 aliphatic rings. The molecule has 0 saturated carbocycles. The number of hydrogen-bond acceptors (Lipinski definition) is 4. The summed E-state index contributed by atoms with van der Waals surface area (Å²) in [5, 5.41) is 25.0. The summed E-state index contributed by atoms with van der Waals surface area (Å²) in [5.74, 6) is -2.45. The average molecular weight is 162 g/mol. The molecule has 0 radical (unpaired) electrons. The predicted molar refractivity (Wildman–Crippen MR) is 35.0 cm³/mol. The van der Waals surface area contributed by atoms with Gasteiger partial charge in [0.25, 0.3) is 0 Å². The highest BCUT2D eigenvalue weighted by atomic mass is 16.4. The van der Waals surface area contributed by atoms with Crippen molar-refractivity contribution in [3.63, 3.8) is 0 Å². The van der Waals surface area contributed by atoms with Crippen LogP contribution in [0.25, 0.3) is 0 Å². The molecule has 5 heteroatoms. The van der Waals surface area contributed by atoms with E-state index in [-0.39, 0.29) is 12.8 Å². The normalized spacial score (nSPS) is 12.5. The third-order valence-electron chi connectivity index (χ3n) is 1.15. The Labute approximate surface area is 63.3 Å². The summed E-state index contributed by atoms with van der Waals surface area (Å²) in [5.41, 5.74) is 0. The van der Waals surface area contributed by atoms with Gasteiger partial charge in [-0.2, -0.15) is 0 Å². The lowest BCUT2D eigenvalue weighted by atomic mass is 10.1. The first-order valence-electron chi connectivity index (χ1n) is 3.13. The Morgan fingerprint density at radius 1 is 1.36 bits per heavy atom. The van der Waals surface area contributed by atoms with E-state index in [9.17, 15) is 9.59 Å². The number of Topliss-reactive ketones (excluding diaryl/α,β-unsaturated/α-hetero) is 1. The molecule has 11 heavy (non-hydrogen) atoms. The molecule has 3 N–H and O–H groups in total. The highest BCUT2D eigenvalue weighted by molar-refractivity contribution is 6.32. The van der Waals surface area contributed by atoms with Gasteiger partial charge in [-0.25, -0.2) is 4.79 Å². The molecule has 5 nitrogen and oxygen atoms in total. The molecule has 0 aromatic rings. The molecule has 0 heterocycles. The monoisotopic (exact) mass is 162 g/mol. The van der Waals surface area contributed by atoms with E-state index in [0.29, 0.717) is 0 Å². The molecule has 0 aromatic heterocycles. The number of aliphatic hydroxyl groups excluding tert-OH is 2. The summed E-state index contributed by atoms with van der Waals surface area (Å²) in [6.07, 6.45) is -1.25. The van der Waals surface area contributed by atoms with Gasteiger partial charge >= 0.3 is 5.97 Å². The minimum atomic E-state index is -1.50. The highest BCUT2D eigenvalue weighted by Gasteiger charge is 2.12. The van der Waals surface area contributed by atoms with Crippen LogP contribution in [0.4, 0.5) is 0 Å². The minimum Gasteiger partial charge on any atom is -0.476 e. The molecule has 0 aliphatic heterocycles. The van der Waals surface area contributed by atoms with Crippen molar-refractivity contribution < 1.29 is 24.9 Å². The third-order valence-corrected chi connectivity index (χ3v) is 1.15. The van der Waals surface area contributed by atoms with Crippen molar-refractivity contribution in [2.45, 2.75) is 18.9 Å². The number of carboxylic acids is 1. The largest absolute Gasteiger partial charge is 0.476 e. The van der Waals surface area contributed by atoms with Crippen LogP contribution >= 0.6 is 0 Å². The Balaban J connectivity index is 3.54. The van der Waals surface area contributed by atoms with Crippen LogP contribution in [-0.2, 0) is 9.59 Å². The maximum absolute atomic E-state index is 10.4. The van der Waals surface area contributed by atoms with Crippen LogP contribution in [0, 0.1) is 0 Å². The van der Waals surface area contributed by atoms with Gasteiger partial charge in [-0.3, -0.25) is 4.79 Å². The fourth-order valence-corrected chi connectivity index (χ4v) is 0.496. The first-order chi connectivity index (χ1) is 5.07. The molecular formula is C6H10O5. The van der Waals surface area contributed by atoms with Crippen LogP contribution in [0.15, 0.2) is 0 Å². The van der Waals surface area contributed by atoms with Gasteiger partial charge in [0, 0.05) is 6.42 Å². The van der Waals surface area contributed by atoms with Crippen molar-refractivity contribution in [3.8, 4) is 0 Å². The number of carboxylic acid groups (broad SMARTS) is 1. The molecule has 0 aromatic carbocycles. The molecule has 0 bridgehead atoms. The van der Waals surface area contributed by atoms with Crippen LogP contribution in [0.3, 0.4) is 0 Å². The Bertz CT molecular complexity index is 153. The number of aliphatic hydroxyl groups is 2. The van der Waals surface area contributed by atoms with Gasteiger partial charge in [0.1, 0.15) is 0 Å². The van der Waals surface area contributed by atoms with E-state index in [1.165, 1.54) is 0 Å². The molecule has 64 valence electrons. The van der Waals surface area contributed by atoms with Crippen molar-refractivity contribution in [2.24, 2.45) is 0 Å². The van der Waals surface area contributed by atoms with E-state index in [0.717, 1.165) is 0 Å². The highest BCUT2D eigenvalue weighted by Crippen LogP contribution is 1.96. The molecule has 0 amide bonds. The zero-order valence-corrected chi connectivity index (χ0v) is 5.86. The van der Waals surface area contributed by atoms with E-state index < -0.39 is 24.5 Å². The lowest BCUT2D eigenvalue weighted by molar-refractivity contribution is -0.149. The fourth-order valence-electron chi connectivity index (χ4n) is 0.496. The van der Waals surface area contributed by atoms with Crippen molar-refractivity contribution in [3.05, 3.63) is 0 Å². The second-order valence-corrected chi connectivity index (χ2v) is 2.10. The van der Waals surface area contributed by atoms with Crippen molar-refractivity contribution >= 4 is 11.8 Å². The van der Waals surface area contributed by atoms with Crippen LogP contribution in [0.5, 0.6) is 0 Å². The zero-order valence-electron chi connectivity index (χ0n) is 5.86. The SMILES string of the molecule is O=C(O)C(=O)CC[C@H](O)CO. The molecule has 0 fully saturated rings. The standard InChI is InChI=1S/C6H10O5/c7-3-4(8)1-2-5(9)6(10)11/h4,7-8H,1-3H2,(H,10,11)/t4-/m0/s1. The Morgan fingerprint density at radius 3 is 2.27 bits per heavy atom. The summed E-state index contributed by atoms with van der Waals surface area (Å²) in [6.45, 7) is -0.451. The van der Waals surface area contributed by atoms with E-state index in [1.54, 1.807) is 0 Å². The number of rotatable bonds is 5. The number of carbonyl (C=O) groups is 2. The van der Waals surface area contributed by atoms with Crippen molar-refractivity contribution in [1.82, 2.24) is 0 Å². The quantitative estimate of drug-likeness (QED) is 0.440. The van der Waals surface area contributed by atoms with Crippen LogP contribution < -0.4 is 0 Å². The van der Waals surface area contributed by atoms with Gasteiger partial charge in [0.15, 0.2) is 0 Å². The predicted octanol–water partition coefficient (Wildman–Crippen LogP) is -1.23. The summed E-state index contributed by atoms with van der Waals surface area (Å²) >= 11 is 0. The van der Waals surface area contributed by atoms with Gasteiger partial charge < -0.3 is 15.3 Å². The average Bonchev–Trinajstić information content (AvgIpc) is 1.99. The van der Waals surface area contributed by atoms with E-state index >= 15 is 0 Å². The minimum absolute atomic E-state index is 0.0123.